The standard InChI is InChI=1S/C43H30N2/c1-3-14-30(15-4-1)43(39-23-10-7-20-35(39)36-21-8-11-24-40(36)43)31-16-13-17-32(28-31)44-33-26-27-38-37-22-9-12-25-41(37)45(42(38)29-33)34-18-5-2-6-19-34/h1-29,44H. The Labute approximate surface area is 262 Å². The van der Waals surface area contributed by atoms with Crippen molar-refractivity contribution in [3.05, 3.63) is 198 Å². The van der Waals surface area contributed by atoms with Gasteiger partial charge in [-0.25, -0.2) is 0 Å². The van der Waals surface area contributed by atoms with Gasteiger partial charge in [-0.2, -0.15) is 0 Å². The van der Waals surface area contributed by atoms with E-state index in [-0.39, 0.29) is 0 Å². The molecule has 0 unspecified atom stereocenters. The maximum absolute atomic E-state index is 3.79. The van der Waals surface area contributed by atoms with Crippen molar-refractivity contribution in [2.45, 2.75) is 5.41 Å². The van der Waals surface area contributed by atoms with Gasteiger partial charge in [-0.3, -0.25) is 0 Å². The zero-order chi connectivity index (χ0) is 29.8. The molecule has 2 heteroatoms. The molecule has 1 aliphatic carbocycles. The summed E-state index contributed by atoms with van der Waals surface area (Å²) in [7, 11) is 0. The van der Waals surface area contributed by atoms with Gasteiger partial charge in [-0.1, -0.05) is 133 Å². The highest BCUT2D eigenvalue weighted by Crippen LogP contribution is 2.56. The largest absolute Gasteiger partial charge is 0.355 e. The zero-order valence-corrected chi connectivity index (χ0v) is 24.7. The Morgan fingerprint density at radius 1 is 0.400 bits per heavy atom. The summed E-state index contributed by atoms with van der Waals surface area (Å²) in [5, 5.41) is 6.29. The van der Waals surface area contributed by atoms with Crippen LogP contribution < -0.4 is 5.32 Å². The average molecular weight is 575 g/mol. The molecule has 9 rings (SSSR count). The van der Waals surface area contributed by atoms with Gasteiger partial charge >= 0.3 is 0 Å². The molecule has 2 nitrogen and oxygen atoms in total. The summed E-state index contributed by atoms with van der Waals surface area (Å²) in [6, 6.07) is 63.8. The molecule has 0 radical (unpaired) electrons. The van der Waals surface area contributed by atoms with Gasteiger partial charge in [-0.05, 0) is 75.8 Å². The summed E-state index contributed by atoms with van der Waals surface area (Å²) >= 11 is 0. The van der Waals surface area contributed by atoms with Crippen LogP contribution in [0.15, 0.2) is 176 Å². The molecular weight excluding hydrogens is 544 g/mol. The number of hydrogen-bond acceptors (Lipinski definition) is 1. The van der Waals surface area contributed by atoms with E-state index in [1.807, 2.05) is 0 Å². The van der Waals surface area contributed by atoms with Crippen molar-refractivity contribution in [1.29, 1.82) is 0 Å². The number of fused-ring (bicyclic) bond motifs is 6. The first kappa shape index (κ1) is 25.6. The van der Waals surface area contributed by atoms with Gasteiger partial charge in [0, 0.05) is 27.8 Å². The Hall–Kier alpha value is -5.86. The van der Waals surface area contributed by atoms with Crippen LogP contribution in [-0.2, 0) is 5.41 Å². The Morgan fingerprint density at radius 2 is 0.978 bits per heavy atom. The summed E-state index contributed by atoms with van der Waals surface area (Å²) < 4.78 is 2.36. The Bertz CT molecular complexity index is 2300. The maximum atomic E-state index is 3.79. The van der Waals surface area contributed by atoms with Crippen molar-refractivity contribution in [3.63, 3.8) is 0 Å². The first-order valence-corrected chi connectivity index (χ1v) is 15.5. The average Bonchev–Trinajstić information content (AvgIpc) is 3.60. The third-order valence-corrected chi connectivity index (χ3v) is 9.43. The summed E-state index contributed by atoms with van der Waals surface area (Å²) in [5.74, 6) is 0. The highest BCUT2D eigenvalue weighted by atomic mass is 15.0. The molecular formula is C43H30N2. The van der Waals surface area contributed by atoms with Crippen molar-refractivity contribution in [1.82, 2.24) is 4.57 Å². The summed E-state index contributed by atoms with van der Waals surface area (Å²) in [6.07, 6.45) is 0. The quantitative estimate of drug-likeness (QED) is 0.216. The molecule has 1 N–H and O–H groups in total. The van der Waals surface area contributed by atoms with Crippen LogP contribution in [0.2, 0.25) is 0 Å². The molecule has 0 amide bonds. The molecule has 8 aromatic rings. The number of anilines is 2. The fourth-order valence-electron chi connectivity index (χ4n) is 7.61. The minimum Gasteiger partial charge on any atom is -0.355 e. The van der Waals surface area contributed by atoms with Crippen LogP contribution >= 0.6 is 0 Å². The van der Waals surface area contributed by atoms with Crippen LogP contribution in [0.5, 0.6) is 0 Å². The number of nitrogens with one attached hydrogen (secondary N) is 1. The van der Waals surface area contributed by atoms with Crippen LogP contribution in [0.4, 0.5) is 11.4 Å². The number of para-hydroxylation sites is 2. The van der Waals surface area contributed by atoms with Gasteiger partial charge in [-0.15, -0.1) is 0 Å². The van der Waals surface area contributed by atoms with E-state index in [0.717, 1.165) is 17.1 Å². The molecule has 7 aromatic carbocycles. The van der Waals surface area contributed by atoms with Crippen molar-refractivity contribution in [2.75, 3.05) is 5.32 Å². The number of aromatic nitrogens is 1. The van der Waals surface area contributed by atoms with E-state index >= 15 is 0 Å². The fourth-order valence-corrected chi connectivity index (χ4v) is 7.61. The minimum absolute atomic E-state index is 0.421. The third kappa shape index (κ3) is 3.82. The summed E-state index contributed by atoms with van der Waals surface area (Å²) in [5.41, 5.74) is 13.0. The minimum atomic E-state index is -0.421. The number of rotatable bonds is 5. The molecule has 0 atom stereocenters. The van der Waals surface area contributed by atoms with Crippen LogP contribution in [0.1, 0.15) is 22.3 Å². The van der Waals surface area contributed by atoms with Crippen LogP contribution in [0.25, 0.3) is 38.6 Å². The van der Waals surface area contributed by atoms with Crippen molar-refractivity contribution in [3.8, 4) is 16.8 Å². The Morgan fingerprint density at radius 3 is 1.73 bits per heavy atom. The molecule has 212 valence electrons. The SMILES string of the molecule is c1ccc(-n2c3ccccc3c3ccc(Nc4cccc(C5(c6ccccc6)c6ccccc6-c6ccccc65)c4)cc32)cc1. The molecule has 1 heterocycles. The summed E-state index contributed by atoms with van der Waals surface area (Å²) in [4.78, 5) is 0. The highest BCUT2D eigenvalue weighted by molar-refractivity contribution is 6.10. The van der Waals surface area contributed by atoms with Gasteiger partial charge in [0.2, 0.25) is 0 Å². The Balaban J connectivity index is 1.21. The van der Waals surface area contributed by atoms with E-state index < -0.39 is 5.41 Å². The molecule has 0 bridgehead atoms. The van der Waals surface area contributed by atoms with Crippen molar-refractivity contribution < 1.29 is 0 Å². The van der Waals surface area contributed by atoms with E-state index in [0.29, 0.717) is 0 Å². The predicted molar refractivity (Wildman–Crippen MR) is 188 cm³/mol. The van der Waals surface area contributed by atoms with Gasteiger partial charge in [0.05, 0.1) is 16.4 Å². The van der Waals surface area contributed by atoms with Crippen LogP contribution in [0.3, 0.4) is 0 Å². The molecule has 0 aliphatic heterocycles. The lowest BCUT2D eigenvalue weighted by molar-refractivity contribution is 0.769. The second-order valence-electron chi connectivity index (χ2n) is 11.8. The van der Waals surface area contributed by atoms with E-state index in [1.165, 1.54) is 55.2 Å². The fraction of sp³-hybridized carbons (Fsp3) is 0.0233. The normalized spacial score (nSPS) is 13.1. The number of nitrogens with zero attached hydrogens (tertiary/aromatic N) is 1. The first-order chi connectivity index (χ1) is 22.3. The van der Waals surface area contributed by atoms with Gasteiger partial charge in [0.25, 0.3) is 0 Å². The van der Waals surface area contributed by atoms with E-state index in [2.05, 4.69) is 186 Å². The first-order valence-electron chi connectivity index (χ1n) is 15.5. The smallest absolute Gasteiger partial charge is 0.0714 e. The van der Waals surface area contributed by atoms with E-state index in [9.17, 15) is 0 Å². The second-order valence-corrected chi connectivity index (χ2v) is 11.8. The molecule has 0 fully saturated rings. The monoisotopic (exact) mass is 574 g/mol. The summed E-state index contributed by atoms with van der Waals surface area (Å²) in [6.45, 7) is 0. The van der Waals surface area contributed by atoms with E-state index in [4.69, 9.17) is 0 Å². The molecule has 1 aromatic heterocycles. The zero-order valence-electron chi connectivity index (χ0n) is 24.7. The lowest BCUT2D eigenvalue weighted by atomic mass is 9.67. The lowest BCUT2D eigenvalue weighted by Crippen LogP contribution is -2.28. The van der Waals surface area contributed by atoms with Crippen LogP contribution in [-0.4, -0.2) is 4.57 Å². The van der Waals surface area contributed by atoms with E-state index in [1.54, 1.807) is 0 Å². The van der Waals surface area contributed by atoms with Gasteiger partial charge in [0.15, 0.2) is 0 Å². The topological polar surface area (TPSA) is 17.0 Å². The molecule has 0 saturated heterocycles. The van der Waals surface area contributed by atoms with Gasteiger partial charge in [0.1, 0.15) is 0 Å². The number of benzene rings is 7. The van der Waals surface area contributed by atoms with Crippen molar-refractivity contribution in [2.24, 2.45) is 0 Å². The molecule has 0 spiro atoms. The van der Waals surface area contributed by atoms with Crippen LogP contribution in [0, 0.1) is 0 Å². The van der Waals surface area contributed by atoms with Gasteiger partial charge < -0.3 is 9.88 Å². The number of hydrogen-bond donors (Lipinski definition) is 1. The third-order valence-electron chi connectivity index (χ3n) is 9.43. The molecule has 0 saturated carbocycles. The predicted octanol–water partition coefficient (Wildman–Crippen LogP) is 10.9. The lowest BCUT2D eigenvalue weighted by Gasteiger charge is -2.34. The molecule has 1 aliphatic rings. The van der Waals surface area contributed by atoms with Crippen molar-refractivity contribution >= 4 is 33.2 Å². The second kappa shape index (κ2) is 10.1. The maximum Gasteiger partial charge on any atom is 0.0714 e. The molecule has 45 heavy (non-hydrogen) atoms. The highest BCUT2D eigenvalue weighted by Gasteiger charge is 2.45. The Kier molecular flexibility index (Phi) is 5.76.